The molecule has 0 bridgehead atoms. The number of nitro groups is 1. The van der Waals surface area contributed by atoms with Crippen LogP contribution in [0, 0.1) is 10.1 Å². The Bertz CT molecular complexity index is 360. The number of nitrogens with zero attached hydrogens (tertiary/aromatic N) is 2. The summed E-state index contributed by atoms with van der Waals surface area (Å²) >= 11 is 0. The molecule has 1 aromatic carbocycles. The van der Waals surface area contributed by atoms with Gasteiger partial charge in [-0.15, -0.1) is 0 Å². The fourth-order valence-electron chi connectivity index (χ4n) is 0.993. The molecule has 0 fully saturated rings. The number of benzene rings is 1. The van der Waals surface area contributed by atoms with E-state index in [0.717, 1.165) is 0 Å². The zero-order valence-electron chi connectivity index (χ0n) is 6.97. The van der Waals surface area contributed by atoms with Crippen molar-refractivity contribution in [1.29, 1.82) is 0 Å². The molecule has 0 spiro atoms. The Morgan fingerprint density at radius 1 is 1.54 bits per heavy atom. The molecule has 0 heterocycles. The van der Waals surface area contributed by atoms with E-state index in [-0.39, 0.29) is 11.4 Å². The van der Waals surface area contributed by atoms with Gasteiger partial charge < -0.3 is 5.21 Å². The Morgan fingerprint density at radius 2 is 2.15 bits per heavy atom. The Morgan fingerprint density at radius 3 is 2.69 bits per heavy atom. The maximum Gasteiger partial charge on any atom is 0.278 e. The van der Waals surface area contributed by atoms with Crippen molar-refractivity contribution in [2.75, 3.05) is 0 Å². The first kappa shape index (κ1) is 9.18. The van der Waals surface area contributed by atoms with Crippen molar-refractivity contribution in [2.24, 2.45) is 5.16 Å². The van der Waals surface area contributed by atoms with Gasteiger partial charge in [0, 0.05) is 6.07 Å². The highest BCUT2D eigenvalue weighted by molar-refractivity contribution is 6.01. The molecule has 1 rings (SSSR count). The largest absolute Gasteiger partial charge is 0.411 e. The third-order valence-corrected chi connectivity index (χ3v) is 1.64. The Labute approximate surface area is 74.5 Å². The third kappa shape index (κ3) is 1.81. The van der Waals surface area contributed by atoms with Crippen LogP contribution in [0.4, 0.5) is 5.69 Å². The van der Waals surface area contributed by atoms with Gasteiger partial charge in [0.05, 0.1) is 16.2 Å². The van der Waals surface area contributed by atoms with E-state index in [1.807, 2.05) is 0 Å². The summed E-state index contributed by atoms with van der Waals surface area (Å²) in [4.78, 5) is 10.0. The standard InChI is InChI=1S/C8H8N2O3/c1-6(9-11)7-4-2-3-5-8(7)10(12)13/h2-5,11H,1H3/b9-6-. The van der Waals surface area contributed by atoms with Crippen LogP contribution in [0.5, 0.6) is 0 Å². The normalized spacial score (nSPS) is 11.3. The molecule has 1 aromatic rings. The molecule has 0 aromatic heterocycles. The van der Waals surface area contributed by atoms with Gasteiger partial charge in [-0.25, -0.2) is 0 Å². The summed E-state index contributed by atoms with van der Waals surface area (Å²) in [7, 11) is 0. The molecule has 1 N–H and O–H groups in total. The molecular weight excluding hydrogens is 172 g/mol. The maximum absolute atomic E-state index is 10.5. The van der Waals surface area contributed by atoms with Gasteiger partial charge in [0.2, 0.25) is 0 Å². The first-order valence-corrected chi connectivity index (χ1v) is 3.59. The summed E-state index contributed by atoms with van der Waals surface area (Å²) in [6.07, 6.45) is 0. The van der Waals surface area contributed by atoms with Crippen LogP contribution in [0.15, 0.2) is 29.4 Å². The van der Waals surface area contributed by atoms with Crippen LogP contribution in [-0.4, -0.2) is 15.8 Å². The van der Waals surface area contributed by atoms with Crippen molar-refractivity contribution in [3.63, 3.8) is 0 Å². The predicted octanol–water partition coefficient (Wildman–Crippen LogP) is 1.79. The molecule has 0 saturated carbocycles. The van der Waals surface area contributed by atoms with E-state index in [0.29, 0.717) is 5.56 Å². The second-order valence-electron chi connectivity index (χ2n) is 2.46. The molecule has 0 atom stereocenters. The minimum atomic E-state index is -0.510. The minimum absolute atomic E-state index is 0.0576. The van der Waals surface area contributed by atoms with E-state index in [1.165, 1.54) is 19.1 Å². The number of rotatable bonds is 2. The van der Waals surface area contributed by atoms with Crippen molar-refractivity contribution in [3.8, 4) is 0 Å². The van der Waals surface area contributed by atoms with Crippen LogP contribution in [-0.2, 0) is 0 Å². The first-order valence-electron chi connectivity index (χ1n) is 3.59. The van der Waals surface area contributed by atoms with E-state index >= 15 is 0 Å². The van der Waals surface area contributed by atoms with Crippen LogP contribution in [0.1, 0.15) is 12.5 Å². The van der Waals surface area contributed by atoms with Gasteiger partial charge in [0.15, 0.2) is 0 Å². The van der Waals surface area contributed by atoms with Crippen LogP contribution in [0.3, 0.4) is 0 Å². The lowest BCUT2D eigenvalue weighted by atomic mass is 10.1. The van der Waals surface area contributed by atoms with E-state index < -0.39 is 4.92 Å². The van der Waals surface area contributed by atoms with E-state index in [2.05, 4.69) is 5.16 Å². The van der Waals surface area contributed by atoms with Crippen LogP contribution < -0.4 is 0 Å². The molecule has 13 heavy (non-hydrogen) atoms. The zero-order chi connectivity index (χ0) is 9.84. The molecule has 0 amide bonds. The minimum Gasteiger partial charge on any atom is -0.411 e. The zero-order valence-corrected chi connectivity index (χ0v) is 6.97. The van der Waals surface area contributed by atoms with Gasteiger partial charge in [-0.2, -0.15) is 0 Å². The lowest BCUT2D eigenvalue weighted by molar-refractivity contribution is -0.385. The SMILES string of the molecule is C/C(=N/O)c1ccccc1[N+](=O)[O-]. The summed E-state index contributed by atoms with van der Waals surface area (Å²) in [5, 5.41) is 21.9. The lowest BCUT2D eigenvalue weighted by Gasteiger charge is -1.98. The predicted molar refractivity (Wildman–Crippen MR) is 47.1 cm³/mol. The second kappa shape index (κ2) is 3.66. The number of hydrogen-bond acceptors (Lipinski definition) is 4. The van der Waals surface area contributed by atoms with Crippen LogP contribution >= 0.6 is 0 Å². The van der Waals surface area contributed by atoms with Gasteiger partial charge in [0.1, 0.15) is 0 Å². The molecule has 0 aliphatic rings. The monoisotopic (exact) mass is 180 g/mol. The van der Waals surface area contributed by atoms with E-state index in [4.69, 9.17) is 5.21 Å². The Kier molecular flexibility index (Phi) is 2.59. The van der Waals surface area contributed by atoms with Crippen molar-refractivity contribution >= 4 is 11.4 Å². The van der Waals surface area contributed by atoms with Gasteiger partial charge in [0.25, 0.3) is 5.69 Å². The summed E-state index contributed by atoms with van der Waals surface area (Å²) in [5.41, 5.74) is 0.500. The Hall–Kier alpha value is -1.91. The lowest BCUT2D eigenvalue weighted by Crippen LogP contribution is -2.00. The summed E-state index contributed by atoms with van der Waals surface area (Å²) in [5.74, 6) is 0. The molecule has 0 radical (unpaired) electrons. The van der Waals surface area contributed by atoms with Crippen LogP contribution in [0.2, 0.25) is 0 Å². The molecule has 0 aliphatic heterocycles. The number of hydrogen-bond donors (Lipinski definition) is 1. The Balaban J connectivity index is 3.28. The molecule has 68 valence electrons. The highest BCUT2D eigenvalue weighted by Crippen LogP contribution is 2.17. The quantitative estimate of drug-likeness (QED) is 0.326. The molecule has 5 nitrogen and oxygen atoms in total. The van der Waals surface area contributed by atoms with Crippen molar-refractivity contribution < 1.29 is 10.1 Å². The third-order valence-electron chi connectivity index (χ3n) is 1.64. The smallest absolute Gasteiger partial charge is 0.278 e. The van der Waals surface area contributed by atoms with Crippen molar-refractivity contribution in [1.82, 2.24) is 0 Å². The first-order chi connectivity index (χ1) is 6.16. The summed E-state index contributed by atoms with van der Waals surface area (Å²) < 4.78 is 0. The van der Waals surface area contributed by atoms with Gasteiger partial charge >= 0.3 is 0 Å². The molecule has 0 saturated heterocycles. The van der Waals surface area contributed by atoms with E-state index in [9.17, 15) is 10.1 Å². The average molecular weight is 180 g/mol. The highest BCUT2D eigenvalue weighted by atomic mass is 16.6. The number of oxime groups is 1. The van der Waals surface area contributed by atoms with E-state index in [1.54, 1.807) is 12.1 Å². The van der Waals surface area contributed by atoms with Crippen molar-refractivity contribution in [2.45, 2.75) is 6.92 Å². The second-order valence-corrected chi connectivity index (χ2v) is 2.46. The molecule has 0 aliphatic carbocycles. The van der Waals surface area contributed by atoms with Gasteiger partial charge in [-0.3, -0.25) is 10.1 Å². The highest BCUT2D eigenvalue weighted by Gasteiger charge is 2.14. The van der Waals surface area contributed by atoms with Crippen molar-refractivity contribution in [3.05, 3.63) is 39.9 Å². The molecular formula is C8H8N2O3. The summed E-state index contributed by atoms with van der Waals surface area (Å²) in [6, 6.07) is 6.11. The number of para-hydroxylation sites is 1. The van der Waals surface area contributed by atoms with Crippen LogP contribution in [0.25, 0.3) is 0 Å². The summed E-state index contributed by atoms with van der Waals surface area (Å²) in [6.45, 7) is 1.50. The topological polar surface area (TPSA) is 75.7 Å². The maximum atomic E-state index is 10.5. The van der Waals surface area contributed by atoms with Gasteiger partial charge in [-0.1, -0.05) is 17.3 Å². The molecule has 0 unspecified atom stereocenters. The fraction of sp³-hybridized carbons (Fsp3) is 0.125. The fourth-order valence-corrected chi connectivity index (χ4v) is 0.993. The van der Waals surface area contributed by atoms with Gasteiger partial charge in [-0.05, 0) is 13.0 Å². The number of nitro benzene ring substituents is 1. The molecule has 5 heteroatoms. The average Bonchev–Trinajstić information content (AvgIpc) is 2.16.